The van der Waals surface area contributed by atoms with Crippen molar-refractivity contribution in [1.82, 2.24) is 4.90 Å². The molecule has 282 valence electrons. The highest BCUT2D eigenvalue weighted by Crippen LogP contribution is 2.38. The van der Waals surface area contributed by atoms with Crippen molar-refractivity contribution in [2.45, 2.75) is 58.1 Å². The number of nitrogens with one attached hydrogen (secondary N) is 1. The van der Waals surface area contributed by atoms with E-state index in [-0.39, 0.29) is 25.5 Å². The van der Waals surface area contributed by atoms with E-state index >= 15 is 0 Å². The fraction of sp³-hybridized carbons (Fsp3) is 0.268. The zero-order chi connectivity index (χ0) is 39.0. The number of carboxylic acids is 1. The van der Waals surface area contributed by atoms with Gasteiger partial charge in [-0.05, 0) is 87.4 Å². The van der Waals surface area contributed by atoms with E-state index in [1.165, 1.54) is 4.90 Å². The molecule has 5 rings (SSSR count). The summed E-state index contributed by atoms with van der Waals surface area (Å²) < 4.78 is 22.6. The van der Waals surface area contributed by atoms with Crippen LogP contribution in [0, 0.1) is 0 Å². The molecule has 54 heavy (non-hydrogen) atoms. The number of furan rings is 1. The van der Waals surface area contributed by atoms with Crippen molar-refractivity contribution in [2.75, 3.05) is 18.7 Å². The Morgan fingerprint density at radius 2 is 1.65 bits per heavy atom. The number of hydrogen-bond donors (Lipinski definition) is 3. The maximum absolute atomic E-state index is 14.4. The molecule has 0 aliphatic carbocycles. The molecule has 1 aliphatic heterocycles. The first kappa shape index (κ1) is 39.2. The van der Waals surface area contributed by atoms with Gasteiger partial charge in [0.2, 0.25) is 6.79 Å². The summed E-state index contributed by atoms with van der Waals surface area (Å²) in [5.41, 5.74) is 0.349. The minimum Gasteiger partial charge on any atom is -0.503 e. The number of fused-ring (bicyclic) bond motifs is 1. The van der Waals surface area contributed by atoms with Crippen molar-refractivity contribution in [1.29, 1.82) is 0 Å². The van der Waals surface area contributed by atoms with Crippen LogP contribution in [0.4, 0.5) is 5.69 Å². The lowest BCUT2D eigenvalue weighted by Crippen LogP contribution is -2.44. The molecule has 0 fully saturated rings. The first-order valence-electron chi connectivity index (χ1n) is 17.1. The Hall–Kier alpha value is -6.01. The molecule has 2 atom stereocenters. The summed E-state index contributed by atoms with van der Waals surface area (Å²) in [7, 11) is 0. The quantitative estimate of drug-likeness (QED) is 0.0657. The summed E-state index contributed by atoms with van der Waals surface area (Å²) in [6.45, 7) is 6.46. The molecule has 0 saturated carbocycles. The maximum Gasteiger partial charge on any atom is 0.339 e. The highest BCUT2D eigenvalue weighted by Gasteiger charge is 2.35. The number of benzene rings is 3. The number of carboxylic acid groups (broad SMARTS) is 1. The minimum atomic E-state index is -1.44. The van der Waals surface area contributed by atoms with Gasteiger partial charge in [0.25, 0.3) is 11.8 Å². The highest BCUT2D eigenvalue weighted by atomic mass is 35.5. The molecule has 1 aromatic heterocycles. The predicted octanol–water partition coefficient (Wildman–Crippen LogP) is 7.80. The zero-order valence-electron chi connectivity index (χ0n) is 30.2. The summed E-state index contributed by atoms with van der Waals surface area (Å²) in [4.78, 5) is 53.7. The molecule has 13 heteroatoms. The molecule has 2 heterocycles. The molecular weight excluding hydrogens is 716 g/mol. The molecule has 3 N–H and O–H groups in total. The van der Waals surface area contributed by atoms with E-state index in [0.717, 1.165) is 5.56 Å². The van der Waals surface area contributed by atoms with E-state index in [2.05, 4.69) is 5.32 Å². The topological polar surface area (TPSA) is 165 Å². The summed E-state index contributed by atoms with van der Waals surface area (Å²) in [6, 6.07) is 23.8. The molecule has 0 saturated heterocycles. The van der Waals surface area contributed by atoms with E-state index in [4.69, 9.17) is 30.2 Å². The van der Waals surface area contributed by atoms with Crippen molar-refractivity contribution >= 4 is 47.1 Å². The number of aliphatic hydroxyl groups excluding tert-OH is 1. The Labute approximate surface area is 317 Å². The highest BCUT2D eigenvalue weighted by molar-refractivity contribution is 6.30. The van der Waals surface area contributed by atoms with Gasteiger partial charge in [0.15, 0.2) is 23.0 Å². The lowest BCUT2D eigenvalue weighted by molar-refractivity contribution is -0.152. The Morgan fingerprint density at radius 3 is 2.33 bits per heavy atom. The van der Waals surface area contributed by atoms with E-state index in [1.807, 2.05) is 12.1 Å². The second-order valence-electron chi connectivity index (χ2n) is 13.6. The number of rotatable bonds is 14. The van der Waals surface area contributed by atoms with E-state index in [9.17, 15) is 29.4 Å². The molecule has 0 radical (unpaired) electrons. The third-order valence-corrected chi connectivity index (χ3v) is 8.69. The predicted molar refractivity (Wildman–Crippen MR) is 202 cm³/mol. The normalized spacial score (nSPS) is 13.9. The van der Waals surface area contributed by atoms with Crippen LogP contribution in [0.3, 0.4) is 0 Å². The molecule has 3 aromatic carbocycles. The Bertz CT molecular complexity index is 2050. The Balaban J connectivity index is 1.54. The Morgan fingerprint density at radius 1 is 0.944 bits per heavy atom. The lowest BCUT2D eigenvalue weighted by atomic mass is 9.87. The van der Waals surface area contributed by atoms with Gasteiger partial charge in [-0.15, -0.1) is 0 Å². The van der Waals surface area contributed by atoms with Crippen molar-refractivity contribution in [2.24, 2.45) is 0 Å². The van der Waals surface area contributed by atoms with Gasteiger partial charge in [0.1, 0.15) is 11.4 Å². The fourth-order valence-corrected chi connectivity index (χ4v) is 5.91. The van der Waals surface area contributed by atoms with Gasteiger partial charge >= 0.3 is 11.9 Å². The number of amides is 2. The number of nitrogens with zero attached hydrogens (tertiary/aromatic N) is 1. The van der Waals surface area contributed by atoms with E-state index < -0.39 is 59.1 Å². The molecule has 1 aliphatic rings. The number of para-hydroxylation sites is 1. The van der Waals surface area contributed by atoms with Gasteiger partial charge < -0.3 is 39.1 Å². The van der Waals surface area contributed by atoms with Crippen LogP contribution in [-0.4, -0.2) is 63.8 Å². The first-order valence-corrected chi connectivity index (χ1v) is 17.5. The number of anilines is 1. The third kappa shape index (κ3) is 10.3. The maximum atomic E-state index is 14.4. The van der Waals surface area contributed by atoms with Gasteiger partial charge in [0.05, 0.1) is 12.0 Å². The van der Waals surface area contributed by atoms with Crippen molar-refractivity contribution in [3.05, 3.63) is 130 Å². The average molecular weight is 757 g/mol. The molecule has 2 amide bonds. The standard InChI is InChI=1S/C41H41ClN2O10/c1-25(44(20-8-9-26-12-15-28(42)16-13-26)39(49)37(47)32(23-36(45)46)40(50)54-41(2,3)4)31(27-14-18-33-35(21-27)52-24-51-33)22-30-17-19-34(53-30)38(48)43-29-10-6-5-7-11-29/h5-19,21,25,31,47H,20,22-24H2,1-4H3,(H,43,48)(H,45,46)/b9-8+,37-32?/t25-,31+/m0/s1. The Kier molecular flexibility index (Phi) is 12.5. The number of esters is 1. The van der Waals surface area contributed by atoms with Gasteiger partial charge in [-0.3, -0.25) is 14.4 Å². The second-order valence-corrected chi connectivity index (χ2v) is 14.0. The second kappa shape index (κ2) is 17.2. The number of aliphatic hydroxyl groups is 1. The van der Waals surface area contributed by atoms with Crippen LogP contribution < -0.4 is 14.8 Å². The summed E-state index contributed by atoms with van der Waals surface area (Å²) in [5.74, 6) is -4.13. The first-order chi connectivity index (χ1) is 25.7. The monoisotopic (exact) mass is 756 g/mol. The number of ether oxygens (including phenoxy) is 3. The van der Waals surface area contributed by atoms with Gasteiger partial charge in [-0.25, -0.2) is 4.79 Å². The summed E-state index contributed by atoms with van der Waals surface area (Å²) >= 11 is 6.06. The number of carbonyl (C=O) groups is 4. The molecule has 0 spiro atoms. The largest absolute Gasteiger partial charge is 0.503 e. The third-order valence-electron chi connectivity index (χ3n) is 8.44. The van der Waals surface area contributed by atoms with Crippen molar-refractivity contribution in [3.8, 4) is 11.5 Å². The molecule has 0 unspecified atom stereocenters. The van der Waals surface area contributed by atoms with Crippen LogP contribution in [0.25, 0.3) is 6.08 Å². The van der Waals surface area contributed by atoms with Crippen LogP contribution in [-0.2, 0) is 25.5 Å². The molecular formula is C41H41ClN2O10. The van der Waals surface area contributed by atoms with Crippen molar-refractivity contribution < 1.29 is 48.0 Å². The number of aliphatic carboxylic acids is 1. The zero-order valence-corrected chi connectivity index (χ0v) is 31.0. The molecule has 12 nitrogen and oxygen atoms in total. The van der Waals surface area contributed by atoms with Crippen LogP contribution >= 0.6 is 11.6 Å². The van der Waals surface area contributed by atoms with Crippen molar-refractivity contribution in [3.63, 3.8) is 0 Å². The fourth-order valence-electron chi connectivity index (χ4n) is 5.79. The van der Waals surface area contributed by atoms with Gasteiger partial charge in [0, 0.05) is 35.6 Å². The van der Waals surface area contributed by atoms with Crippen LogP contribution in [0.5, 0.6) is 11.5 Å². The van der Waals surface area contributed by atoms with Crippen LogP contribution in [0.1, 0.15) is 67.5 Å². The smallest absolute Gasteiger partial charge is 0.339 e. The van der Waals surface area contributed by atoms with E-state index in [1.54, 1.807) is 113 Å². The summed E-state index contributed by atoms with van der Waals surface area (Å²) in [5, 5.41) is 24.4. The van der Waals surface area contributed by atoms with E-state index in [0.29, 0.717) is 33.5 Å². The number of carbonyl (C=O) groups excluding carboxylic acids is 3. The summed E-state index contributed by atoms with van der Waals surface area (Å²) in [6.07, 6.45) is 2.67. The van der Waals surface area contributed by atoms with Gasteiger partial charge in [-0.1, -0.05) is 60.2 Å². The lowest BCUT2D eigenvalue weighted by Gasteiger charge is -2.34. The SMILES string of the molecule is C[C@@H]([C@@H](Cc1ccc(C(=O)Nc2ccccc2)o1)c1ccc2c(c1)OCO2)N(C/C=C/c1ccc(Cl)cc1)C(=O)C(O)=C(CC(=O)O)C(=O)OC(C)(C)C. The number of halogens is 1. The van der Waals surface area contributed by atoms with Gasteiger partial charge in [-0.2, -0.15) is 0 Å². The minimum absolute atomic E-state index is 0.0346. The average Bonchev–Trinajstić information content (AvgIpc) is 3.81. The van der Waals surface area contributed by atoms with Crippen LogP contribution in [0.2, 0.25) is 5.02 Å². The molecule has 0 bridgehead atoms. The number of hydrogen-bond acceptors (Lipinski definition) is 9. The molecule has 4 aromatic rings. The van der Waals surface area contributed by atoms with Crippen LogP contribution in [0.15, 0.2) is 107 Å².